The number of fused-ring (bicyclic) bond motifs is 3. The maximum absolute atomic E-state index is 11.5. The highest BCUT2D eigenvalue weighted by Gasteiger charge is 2.59. The van der Waals surface area contributed by atoms with Crippen LogP contribution in [0.5, 0.6) is 5.75 Å². The molecular formula is C31H54O4Si2. The van der Waals surface area contributed by atoms with Gasteiger partial charge in [-0.3, -0.25) is 0 Å². The molecule has 1 aromatic carbocycles. The number of methoxy groups -OCH3 is 1. The fourth-order valence-corrected chi connectivity index (χ4v) is 8.33. The minimum absolute atomic E-state index is 0.0436. The van der Waals surface area contributed by atoms with E-state index in [0.29, 0.717) is 6.42 Å². The maximum atomic E-state index is 11.5. The minimum atomic E-state index is -2.20. The van der Waals surface area contributed by atoms with Gasteiger partial charge in [-0.05, 0) is 83.9 Å². The van der Waals surface area contributed by atoms with E-state index in [1.165, 1.54) is 11.1 Å². The van der Waals surface area contributed by atoms with Crippen LogP contribution >= 0.6 is 0 Å². The Morgan fingerprint density at radius 3 is 1.92 bits per heavy atom. The van der Waals surface area contributed by atoms with E-state index in [1.54, 1.807) is 7.11 Å². The number of benzene rings is 1. The first-order valence-corrected chi connectivity index (χ1v) is 19.9. The molecule has 0 bridgehead atoms. The van der Waals surface area contributed by atoms with E-state index < -0.39 is 22.7 Å². The normalized spacial score (nSPS) is 27.0. The lowest BCUT2D eigenvalue weighted by Crippen LogP contribution is -2.55. The van der Waals surface area contributed by atoms with Gasteiger partial charge < -0.3 is 18.7 Å². The molecule has 6 heteroatoms. The van der Waals surface area contributed by atoms with Gasteiger partial charge in [-0.2, -0.15) is 0 Å². The molecule has 2 aliphatic carbocycles. The van der Waals surface area contributed by atoms with Gasteiger partial charge in [-0.1, -0.05) is 68.4 Å². The summed E-state index contributed by atoms with van der Waals surface area (Å²) in [6.45, 7) is 31.9. The Kier molecular flexibility index (Phi) is 7.96. The Morgan fingerprint density at radius 1 is 0.946 bits per heavy atom. The first kappa shape index (κ1) is 30.6. The highest BCUT2D eigenvalue weighted by molar-refractivity contribution is 6.74. The highest BCUT2D eigenvalue weighted by atomic mass is 28.4. The van der Waals surface area contributed by atoms with Crippen molar-refractivity contribution in [1.29, 1.82) is 0 Å². The van der Waals surface area contributed by atoms with Crippen molar-refractivity contribution in [3.8, 4) is 5.75 Å². The molecule has 1 aromatic rings. The van der Waals surface area contributed by atoms with Crippen molar-refractivity contribution in [2.45, 2.75) is 130 Å². The van der Waals surface area contributed by atoms with E-state index in [1.807, 2.05) is 0 Å². The van der Waals surface area contributed by atoms with Gasteiger partial charge >= 0.3 is 0 Å². The molecule has 1 N–H and O–H groups in total. The number of hydrogen-bond acceptors (Lipinski definition) is 4. The summed E-state index contributed by atoms with van der Waals surface area (Å²) in [5.41, 5.74) is 5.47. The molecule has 0 heterocycles. The van der Waals surface area contributed by atoms with E-state index >= 15 is 0 Å². The van der Waals surface area contributed by atoms with Crippen LogP contribution in [0.25, 0.3) is 5.57 Å². The molecule has 0 saturated carbocycles. The molecule has 3 rings (SSSR count). The predicted octanol–water partition coefficient (Wildman–Crippen LogP) is 8.65. The highest BCUT2D eigenvalue weighted by Crippen LogP contribution is 2.63. The third-order valence-corrected chi connectivity index (χ3v) is 18.8. The zero-order valence-corrected chi connectivity index (χ0v) is 28.3. The average molecular weight is 547 g/mol. The van der Waals surface area contributed by atoms with Crippen LogP contribution in [0.1, 0.15) is 91.5 Å². The van der Waals surface area contributed by atoms with Crippen molar-refractivity contribution in [1.82, 2.24) is 0 Å². The third-order valence-electron chi connectivity index (χ3n) is 9.88. The van der Waals surface area contributed by atoms with E-state index in [2.05, 4.69) is 108 Å². The number of rotatable bonds is 6. The second kappa shape index (κ2) is 9.62. The summed E-state index contributed by atoms with van der Waals surface area (Å²) >= 11 is 0. The van der Waals surface area contributed by atoms with Crippen molar-refractivity contribution in [3.05, 3.63) is 34.4 Å². The number of aliphatic hydroxyl groups excluding tert-OH is 1. The monoisotopic (exact) mass is 546 g/mol. The molecule has 2 aliphatic rings. The van der Waals surface area contributed by atoms with Crippen molar-refractivity contribution in [2.75, 3.05) is 7.11 Å². The van der Waals surface area contributed by atoms with Crippen molar-refractivity contribution >= 4 is 22.2 Å². The molecule has 0 saturated heterocycles. The van der Waals surface area contributed by atoms with Crippen LogP contribution in [-0.4, -0.2) is 41.1 Å². The number of aryl methyl sites for hydroxylation is 1. The summed E-state index contributed by atoms with van der Waals surface area (Å²) in [7, 11) is -2.65. The molecule has 4 nitrogen and oxygen atoms in total. The van der Waals surface area contributed by atoms with E-state index in [0.717, 1.165) is 22.4 Å². The quantitative estimate of drug-likeness (QED) is 0.363. The van der Waals surface area contributed by atoms with Gasteiger partial charge in [-0.15, -0.1) is 0 Å². The topological polar surface area (TPSA) is 47.9 Å². The average Bonchev–Trinajstić information content (AvgIpc) is 2.99. The van der Waals surface area contributed by atoms with E-state index in [4.69, 9.17) is 13.6 Å². The molecule has 0 aliphatic heterocycles. The Balaban J connectivity index is 2.44. The van der Waals surface area contributed by atoms with Gasteiger partial charge in [0.2, 0.25) is 0 Å². The molecule has 0 spiro atoms. The molecule has 37 heavy (non-hydrogen) atoms. The molecule has 210 valence electrons. The molecule has 0 amide bonds. The summed E-state index contributed by atoms with van der Waals surface area (Å²) in [6, 6.07) is 4.42. The zero-order valence-electron chi connectivity index (χ0n) is 26.3. The van der Waals surface area contributed by atoms with Gasteiger partial charge in [-0.25, -0.2) is 0 Å². The van der Waals surface area contributed by atoms with Gasteiger partial charge in [0.15, 0.2) is 16.6 Å². The molecule has 0 aromatic heterocycles. The lowest BCUT2D eigenvalue weighted by Gasteiger charge is -2.53. The van der Waals surface area contributed by atoms with Gasteiger partial charge in [0.1, 0.15) is 11.9 Å². The molecule has 0 fully saturated rings. The van der Waals surface area contributed by atoms with Crippen LogP contribution in [0.15, 0.2) is 17.7 Å². The summed E-state index contributed by atoms with van der Waals surface area (Å²) in [5.74, 6) is 1.10. The lowest BCUT2D eigenvalue weighted by atomic mass is 9.65. The van der Waals surface area contributed by atoms with Gasteiger partial charge in [0, 0.05) is 11.0 Å². The molecular weight excluding hydrogens is 493 g/mol. The summed E-state index contributed by atoms with van der Waals surface area (Å²) < 4.78 is 20.9. The predicted molar refractivity (Wildman–Crippen MR) is 161 cm³/mol. The maximum Gasteiger partial charge on any atom is 0.193 e. The Labute approximate surface area is 229 Å². The Morgan fingerprint density at radius 2 is 1.46 bits per heavy atom. The Bertz CT molecular complexity index is 1060. The first-order chi connectivity index (χ1) is 16.6. The van der Waals surface area contributed by atoms with Crippen molar-refractivity contribution < 1.29 is 18.7 Å². The SMILES string of the molecule is COc1cc(C)cc2c1[C@H](O[Si](C)(C)C(C)(C)C)[C@H](O[Si](C)(C)C(C)(C)C)[C@]1(C)CC(O)C(C(C)C)=C21. The number of aliphatic hydroxyl groups is 1. The summed E-state index contributed by atoms with van der Waals surface area (Å²) in [6.07, 6.45) is -0.320. The van der Waals surface area contributed by atoms with Crippen LogP contribution < -0.4 is 4.74 Å². The van der Waals surface area contributed by atoms with Gasteiger partial charge in [0.05, 0.1) is 19.3 Å². The molecule has 1 unspecified atom stereocenters. The largest absolute Gasteiger partial charge is 0.496 e. The van der Waals surface area contributed by atoms with Crippen LogP contribution in [0.2, 0.25) is 36.3 Å². The first-order valence-electron chi connectivity index (χ1n) is 14.1. The second-order valence-electron chi connectivity index (χ2n) is 15.1. The van der Waals surface area contributed by atoms with E-state index in [9.17, 15) is 5.11 Å². The van der Waals surface area contributed by atoms with Crippen molar-refractivity contribution in [2.24, 2.45) is 11.3 Å². The smallest absolute Gasteiger partial charge is 0.193 e. The second-order valence-corrected chi connectivity index (χ2v) is 24.7. The standard InChI is InChI=1S/C31H54O4Si2/c1-19(2)24-22(32)18-31(10)26(24)21-16-20(3)17-23(33-11)25(21)27(34-36(12,13)29(4,5)6)28(31)35-37(14,15)30(7,8)9/h16-17,19,22,27-28,32H,18H2,1-15H3/t22?,27-,28-,31+/m0/s1. The number of hydrogen-bond donors (Lipinski definition) is 1. The summed E-state index contributed by atoms with van der Waals surface area (Å²) in [5, 5.41) is 11.6. The fraction of sp³-hybridized carbons (Fsp3) is 0.742. The fourth-order valence-electron chi connectivity index (χ4n) is 5.73. The van der Waals surface area contributed by atoms with Crippen molar-refractivity contribution in [3.63, 3.8) is 0 Å². The summed E-state index contributed by atoms with van der Waals surface area (Å²) in [4.78, 5) is 0. The zero-order chi connectivity index (χ0) is 28.5. The molecule has 4 atom stereocenters. The Hall–Kier alpha value is -0.926. The van der Waals surface area contributed by atoms with Crippen LogP contribution in [-0.2, 0) is 8.85 Å². The lowest BCUT2D eigenvalue weighted by molar-refractivity contribution is -0.0353. The van der Waals surface area contributed by atoms with E-state index in [-0.39, 0.29) is 33.6 Å². The minimum Gasteiger partial charge on any atom is -0.496 e. The van der Waals surface area contributed by atoms with Crippen LogP contribution in [0.3, 0.4) is 0 Å². The van der Waals surface area contributed by atoms with Gasteiger partial charge in [0.25, 0.3) is 0 Å². The molecule has 0 radical (unpaired) electrons. The van der Waals surface area contributed by atoms with Crippen LogP contribution in [0, 0.1) is 18.3 Å². The van der Waals surface area contributed by atoms with Crippen LogP contribution in [0.4, 0.5) is 0 Å². The number of ether oxygens (including phenoxy) is 1. The third kappa shape index (κ3) is 5.18.